The number of pyridine rings is 1. The van der Waals surface area contributed by atoms with Crippen LogP contribution in [0.25, 0.3) is 10.9 Å². The van der Waals surface area contributed by atoms with E-state index in [0.29, 0.717) is 45.3 Å². The molecule has 9 aromatic rings. The molecule has 9 rings (SSSR count). The standard InChI is InChI=1S/C17H11BrF3NO2.C14H10F3NO4.C14H12F3NO2.C7H5F3O.C7H6FNO3.C3H3Br3O/c1-23-14-7-10-6-12(18)9-22-16(10)15(8-14)24-13-4-2-11(3-5-13)17(19,20)21;1-21-11-6-7-12(18(19)20)13(8-11)22-10-4-2-9(3-5-10)14(15,16)17;1-19-11-6-7-12(18)13(8-11)20-10-4-2-9(3-5-10)14(15,16)17;8-7(9,10)5-1-3-6(11)4-2-5;1-12-5-2-3-7(9(10)11)6(8)4-5;4-1-3(5,6)2-7/h2-9H,1H3;2-8H,1H3;2-8H,18H2,1H3;1-4,11H;2-4H,1H3;2H,1H2. The molecule has 0 amide bonds. The molecule has 1 heterocycles. The molecule has 0 aliphatic rings. The number of aromatic hydroxyl groups is 1. The van der Waals surface area contributed by atoms with Crippen molar-refractivity contribution >= 4 is 98.0 Å². The molecule has 0 saturated carbocycles. The van der Waals surface area contributed by atoms with Crippen LogP contribution in [0.15, 0.2) is 181 Å². The number of alkyl halides is 15. The van der Waals surface area contributed by atoms with Crippen LogP contribution < -0.4 is 38.9 Å². The molecule has 512 valence electrons. The summed E-state index contributed by atoms with van der Waals surface area (Å²) in [5, 5.41) is 31.1. The molecule has 0 aliphatic carbocycles. The van der Waals surface area contributed by atoms with Gasteiger partial charge in [0, 0.05) is 57.8 Å². The molecule has 34 heteroatoms. The smallest absolute Gasteiger partial charge is 0.416 e. The van der Waals surface area contributed by atoms with Gasteiger partial charge in [-0.25, -0.2) is 0 Å². The van der Waals surface area contributed by atoms with Gasteiger partial charge in [-0.3, -0.25) is 25.2 Å². The van der Waals surface area contributed by atoms with Crippen molar-refractivity contribution in [2.45, 2.75) is 27.9 Å². The normalized spacial score (nSPS) is 11.1. The number of halogens is 17. The van der Waals surface area contributed by atoms with Crippen molar-refractivity contribution < 1.29 is 110 Å². The lowest BCUT2D eigenvalue weighted by atomic mass is 10.2. The van der Waals surface area contributed by atoms with Crippen molar-refractivity contribution in [3.63, 3.8) is 0 Å². The van der Waals surface area contributed by atoms with Crippen LogP contribution in [-0.2, 0) is 29.5 Å². The topological polar surface area (TPSA) is 227 Å². The van der Waals surface area contributed by atoms with Gasteiger partial charge in [0.15, 0.2) is 11.5 Å². The first kappa shape index (κ1) is 79.3. The largest absolute Gasteiger partial charge is 0.508 e. The Balaban J connectivity index is 0.000000255. The average Bonchev–Trinajstić information content (AvgIpc) is 0.806. The molecule has 96 heavy (non-hydrogen) atoms. The van der Waals surface area contributed by atoms with E-state index >= 15 is 0 Å². The van der Waals surface area contributed by atoms with E-state index in [0.717, 1.165) is 101 Å². The van der Waals surface area contributed by atoms with Gasteiger partial charge in [0.25, 0.3) is 0 Å². The third-order valence-corrected chi connectivity index (χ3v) is 15.4. The quantitative estimate of drug-likeness (QED) is 0.0258. The molecule has 3 N–H and O–H groups in total. The van der Waals surface area contributed by atoms with Crippen LogP contribution in [0.2, 0.25) is 0 Å². The highest BCUT2D eigenvalue weighted by atomic mass is 79.9. The summed E-state index contributed by atoms with van der Waals surface area (Å²) in [5.74, 6) is 1.82. The summed E-state index contributed by atoms with van der Waals surface area (Å²) in [6.07, 6.45) is -15.1. The number of hydrogen-bond acceptors (Lipinski definition) is 15. The molecule has 0 spiro atoms. The lowest BCUT2D eigenvalue weighted by Crippen LogP contribution is -2.13. The fourth-order valence-electron chi connectivity index (χ4n) is 6.90. The second-order valence-electron chi connectivity index (χ2n) is 18.3. The van der Waals surface area contributed by atoms with E-state index < -0.39 is 71.5 Å². The Bertz CT molecular complexity index is 4030. The molecule has 0 radical (unpaired) electrons. The Hall–Kier alpha value is -9.15. The Morgan fingerprint density at radius 3 is 1.20 bits per heavy atom. The number of fused-ring (bicyclic) bond motifs is 1. The van der Waals surface area contributed by atoms with E-state index in [1.807, 2.05) is 6.07 Å². The number of nitro benzene ring substituents is 2. The summed E-state index contributed by atoms with van der Waals surface area (Å²) in [5.41, 5.74) is 2.77. The Morgan fingerprint density at radius 1 is 0.490 bits per heavy atom. The van der Waals surface area contributed by atoms with Gasteiger partial charge < -0.3 is 48.8 Å². The number of phenolic OH excluding ortho intramolecular Hbond substituents is 1. The molecule has 0 aliphatic heterocycles. The first-order chi connectivity index (χ1) is 44.8. The Labute approximate surface area is 569 Å². The highest BCUT2D eigenvalue weighted by Gasteiger charge is 2.33. The number of ether oxygens (including phenoxy) is 7. The maximum absolute atomic E-state index is 12.8. The van der Waals surface area contributed by atoms with E-state index in [4.69, 9.17) is 39.3 Å². The number of anilines is 1. The van der Waals surface area contributed by atoms with Crippen molar-refractivity contribution in [1.82, 2.24) is 4.98 Å². The minimum atomic E-state index is -4.46. The van der Waals surface area contributed by atoms with Gasteiger partial charge in [-0.1, -0.05) is 47.8 Å². The van der Waals surface area contributed by atoms with Gasteiger partial charge in [-0.05, 0) is 149 Å². The number of nitro groups is 2. The van der Waals surface area contributed by atoms with E-state index in [2.05, 4.69) is 73.4 Å². The Kier molecular flexibility index (Phi) is 29.4. The summed E-state index contributed by atoms with van der Waals surface area (Å²) in [7, 11) is 5.76. The highest BCUT2D eigenvalue weighted by Crippen LogP contribution is 2.40. The van der Waals surface area contributed by atoms with Crippen LogP contribution in [0.5, 0.6) is 63.2 Å². The van der Waals surface area contributed by atoms with E-state index in [1.165, 1.54) is 77.0 Å². The van der Waals surface area contributed by atoms with E-state index in [9.17, 15) is 82.1 Å². The number of phenols is 1. The fourth-order valence-corrected chi connectivity index (χ4v) is 7.39. The lowest BCUT2D eigenvalue weighted by molar-refractivity contribution is -0.387. The molecule has 8 aromatic carbocycles. The monoisotopic (exact) mass is 1620 g/mol. The zero-order valence-corrected chi connectivity index (χ0v) is 55.6. The number of nitrogens with zero attached hydrogens (tertiary/aromatic N) is 3. The maximum atomic E-state index is 12.8. The molecule has 0 fully saturated rings. The van der Waals surface area contributed by atoms with Crippen LogP contribution in [0.4, 0.5) is 74.1 Å². The molecule has 1 aromatic heterocycles. The van der Waals surface area contributed by atoms with Crippen molar-refractivity contribution in [2.75, 3.05) is 39.5 Å². The van der Waals surface area contributed by atoms with Crippen molar-refractivity contribution in [3.8, 4) is 63.2 Å². The Morgan fingerprint density at radius 2 is 0.833 bits per heavy atom. The number of rotatable bonds is 14. The third-order valence-electron chi connectivity index (χ3n) is 11.6. The molecule has 0 atom stereocenters. The van der Waals surface area contributed by atoms with Crippen molar-refractivity contribution in [1.29, 1.82) is 0 Å². The molecular weight excluding hydrogens is 1580 g/mol. The number of carbonyl (C=O) groups excluding carboxylic acids is 1. The zero-order valence-electron chi connectivity index (χ0n) is 49.2. The maximum Gasteiger partial charge on any atom is 0.416 e. The van der Waals surface area contributed by atoms with Gasteiger partial charge >= 0.3 is 36.1 Å². The van der Waals surface area contributed by atoms with Crippen molar-refractivity contribution in [3.05, 3.63) is 229 Å². The molecule has 0 bridgehead atoms. The summed E-state index contributed by atoms with van der Waals surface area (Å²) < 4.78 is 197. The predicted octanol–water partition coefficient (Wildman–Crippen LogP) is 20.5. The van der Waals surface area contributed by atoms with Crippen LogP contribution >= 0.6 is 63.7 Å². The molecule has 17 nitrogen and oxygen atoms in total. The van der Waals surface area contributed by atoms with Gasteiger partial charge in [-0.15, -0.1) is 0 Å². The van der Waals surface area contributed by atoms with Crippen LogP contribution in [-0.4, -0.2) is 63.2 Å². The highest BCUT2D eigenvalue weighted by molar-refractivity contribution is 9.26. The van der Waals surface area contributed by atoms with Crippen LogP contribution in [0.1, 0.15) is 22.3 Å². The summed E-state index contributed by atoms with van der Waals surface area (Å²) in [6.45, 7) is 0. The summed E-state index contributed by atoms with van der Waals surface area (Å²) in [4.78, 5) is 33.9. The third kappa shape index (κ3) is 25.5. The van der Waals surface area contributed by atoms with Gasteiger partial charge in [-0.2, -0.15) is 57.1 Å². The van der Waals surface area contributed by atoms with Crippen molar-refractivity contribution in [2.24, 2.45) is 0 Å². The minimum Gasteiger partial charge on any atom is -0.508 e. The number of hydrogen-bond donors (Lipinski definition) is 2. The second kappa shape index (κ2) is 35.6. The first-order valence-electron chi connectivity index (χ1n) is 26.0. The second-order valence-corrected chi connectivity index (χ2v) is 23.7. The first-order valence-corrected chi connectivity index (χ1v) is 29.5. The zero-order chi connectivity index (χ0) is 71.9. The number of aldehydes is 1. The van der Waals surface area contributed by atoms with E-state index in [1.54, 1.807) is 36.5 Å². The predicted molar refractivity (Wildman–Crippen MR) is 341 cm³/mol. The average molecular weight is 1620 g/mol. The number of carbonyl (C=O) groups is 1. The number of methoxy groups -OCH3 is 4. The number of nitrogen functional groups attached to an aromatic ring is 1. The SMILES string of the molecule is COc1cc(Oc2ccc(C(F)(F)F)cc2)c2ncc(Br)cc2c1.COc1ccc(N)c(Oc2ccc(C(F)(F)F)cc2)c1.COc1ccc([N+](=O)[O-])c(F)c1.COc1ccc([N+](=O)[O-])c(Oc2ccc(C(F)(F)F)cc2)c1.O=CC(Br)(Br)CBr.Oc1ccc(C(F)(F)F)cc1. The summed E-state index contributed by atoms with van der Waals surface area (Å²) >= 11 is 12.6. The van der Waals surface area contributed by atoms with Gasteiger partial charge in [0.2, 0.25) is 11.6 Å². The number of benzene rings is 8. The summed E-state index contributed by atoms with van der Waals surface area (Å²) in [6, 6.07) is 33.7. The number of aromatic nitrogens is 1. The number of nitrogens with two attached hydrogens (primary N) is 1. The lowest BCUT2D eigenvalue weighted by Gasteiger charge is -2.12. The minimum absolute atomic E-state index is 0.0457. The van der Waals surface area contributed by atoms with Gasteiger partial charge in [0.1, 0.15) is 61.0 Å². The van der Waals surface area contributed by atoms with Gasteiger partial charge in [0.05, 0.1) is 66.2 Å². The van der Waals surface area contributed by atoms with Crippen LogP contribution in [0, 0.1) is 26.0 Å². The molecule has 0 saturated heterocycles. The molecule has 0 unspecified atom stereocenters. The van der Waals surface area contributed by atoms with E-state index in [-0.39, 0.29) is 40.2 Å². The van der Waals surface area contributed by atoms with Crippen LogP contribution in [0.3, 0.4) is 0 Å². The molecular formula is C62H47Br4F13N4O13. The fraction of sp³-hybridized carbons (Fsp3) is 0.161.